The second-order valence-electron chi connectivity index (χ2n) is 7.40. The van der Waals surface area contributed by atoms with Crippen molar-refractivity contribution in [2.75, 3.05) is 6.54 Å². The summed E-state index contributed by atoms with van der Waals surface area (Å²) in [4.78, 5) is 0. The highest BCUT2D eigenvalue weighted by molar-refractivity contribution is 5.86. The summed E-state index contributed by atoms with van der Waals surface area (Å²) in [5.41, 5.74) is 2.23. The standard InChI is InChI=1S/C24H23NO3/c1-17(20-10-6-8-18-7-2-3-9-21(18)20)25-16-19-15-24(26-13-14-27-24)22-11-4-5-12-23(22)28-19/h2-14,17,19,25H,15-16H2,1H3/t17?,19-/m1/s1. The van der Waals surface area contributed by atoms with Crippen LogP contribution in [0, 0.1) is 0 Å². The van der Waals surface area contributed by atoms with Crippen molar-refractivity contribution >= 4 is 10.8 Å². The van der Waals surface area contributed by atoms with E-state index in [1.807, 2.05) is 24.3 Å². The molecule has 142 valence electrons. The van der Waals surface area contributed by atoms with Crippen LogP contribution in [-0.2, 0) is 15.3 Å². The highest BCUT2D eigenvalue weighted by atomic mass is 16.7. The summed E-state index contributed by atoms with van der Waals surface area (Å²) in [5.74, 6) is 0.0474. The minimum absolute atomic E-state index is 0.0489. The Balaban J connectivity index is 1.34. The Bertz CT molecular complexity index is 1020. The molecule has 0 bridgehead atoms. The maximum atomic E-state index is 6.24. The number of fused-ring (bicyclic) bond motifs is 3. The van der Waals surface area contributed by atoms with Gasteiger partial charge in [-0.25, -0.2) is 0 Å². The molecule has 4 heteroatoms. The minimum Gasteiger partial charge on any atom is -0.488 e. The lowest BCUT2D eigenvalue weighted by molar-refractivity contribution is -0.180. The van der Waals surface area contributed by atoms with Crippen LogP contribution in [0.4, 0.5) is 0 Å². The van der Waals surface area contributed by atoms with Crippen LogP contribution in [0.5, 0.6) is 5.75 Å². The maximum absolute atomic E-state index is 6.24. The Morgan fingerprint density at radius 2 is 1.71 bits per heavy atom. The predicted molar refractivity (Wildman–Crippen MR) is 109 cm³/mol. The third-order valence-corrected chi connectivity index (χ3v) is 5.60. The Hall–Kier alpha value is -2.98. The molecule has 0 amide bonds. The van der Waals surface area contributed by atoms with Crippen molar-refractivity contribution < 1.29 is 14.2 Å². The van der Waals surface area contributed by atoms with E-state index < -0.39 is 5.79 Å². The lowest BCUT2D eigenvalue weighted by Crippen LogP contribution is -2.44. The second-order valence-corrected chi connectivity index (χ2v) is 7.40. The second kappa shape index (κ2) is 6.88. The molecule has 2 heterocycles. The summed E-state index contributed by atoms with van der Waals surface area (Å²) in [5, 5.41) is 6.18. The van der Waals surface area contributed by atoms with Gasteiger partial charge in [0.2, 0.25) is 0 Å². The number of hydrogen-bond acceptors (Lipinski definition) is 4. The van der Waals surface area contributed by atoms with Gasteiger partial charge < -0.3 is 19.5 Å². The van der Waals surface area contributed by atoms with Gasteiger partial charge in [0.05, 0.1) is 12.0 Å². The number of benzene rings is 3. The van der Waals surface area contributed by atoms with Crippen molar-refractivity contribution in [3.63, 3.8) is 0 Å². The van der Waals surface area contributed by atoms with E-state index in [0.717, 1.165) is 11.3 Å². The summed E-state index contributed by atoms with van der Waals surface area (Å²) in [6, 6.07) is 23.1. The summed E-state index contributed by atoms with van der Waals surface area (Å²) in [6.07, 6.45) is 3.82. The maximum Gasteiger partial charge on any atom is 0.283 e. The van der Waals surface area contributed by atoms with Crippen molar-refractivity contribution in [2.24, 2.45) is 0 Å². The average molecular weight is 373 g/mol. The van der Waals surface area contributed by atoms with E-state index in [4.69, 9.17) is 14.2 Å². The number of ether oxygens (including phenoxy) is 3. The fourth-order valence-electron chi connectivity index (χ4n) is 4.20. The van der Waals surface area contributed by atoms with Gasteiger partial charge in [-0.3, -0.25) is 0 Å². The molecule has 0 fully saturated rings. The summed E-state index contributed by atoms with van der Waals surface area (Å²) >= 11 is 0. The van der Waals surface area contributed by atoms with Gasteiger partial charge in [-0.2, -0.15) is 0 Å². The highest BCUT2D eigenvalue weighted by Crippen LogP contribution is 2.45. The molecule has 4 nitrogen and oxygen atoms in total. The first-order chi connectivity index (χ1) is 13.8. The van der Waals surface area contributed by atoms with Crippen LogP contribution in [0.1, 0.15) is 30.5 Å². The van der Waals surface area contributed by atoms with Gasteiger partial charge in [-0.05, 0) is 35.4 Å². The quantitative estimate of drug-likeness (QED) is 0.698. The van der Waals surface area contributed by atoms with Crippen molar-refractivity contribution in [3.8, 4) is 5.75 Å². The van der Waals surface area contributed by atoms with Gasteiger partial charge in [-0.1, -0.05) is 54.6 Å². The molecular weight excluding hydrogens is 350 g/mol. The van der Waals surface area contributed by atoms with Gasteiger partial charge in [-0.15, -0.1) is 0 Å². The van der Waals surface area contributed by atoms with Gasteiger partial charge in [0, 0.05) is 12.6 Å². The molecule has 1 unspecified atom stereocenters. The molecule has 3 aromatic rings. The molecule has 3 aromatic carbocycles. The molecular formula is C24H23NO3. The summed E-state index contributed by atoms with van der Waals surface area (Å²) in [7, 11) is 0. The molecule has 1 spiro atoms. The zero-order valence-electron chi connectivity index (χ0n) is 15.8. The van der Waals surface area contributed by atoms with E-state index in [2.05, 4.69) is 54.7 Å². The molecule has 1 N–H and O–H groups in total. The van der Waals surface area contributed by atoms with Crippen LogP contribution in [0.15, 0.2) is 79.3 Å². The molecule has 0 saturated carbocycles. The lowest BCUT2D eigenvalue weighted by atomic mass is 9.94. The zero-order chi connectivity index (χ0) is 19.0. The van der Waals surface area contributed by atoms with Crippen LogP contribution < -0.4 is 10.1 Å². The van der Waals surface area contributed by atoms with Crippen LogP contribution in [0.2, 0.25) is 0 Å². The van der Waals surface area contributed by atoms with Crippen molar-refractivity contribution in [1.82, 2.24) is 5.32 Å². The number of hydrogen-bond donors (Lipinski definition) is 1. The van der Waals surface area contributed by atoms with Crippen molar-refractivity contribution in [3.05, 3.63) is 90.4 Å². The Morgan fingerprint density at radius 3 is 2.61 bits per heavy atom. The Morgan fingerprint density at radius 1 is 0.964 bits per heavy atom. The number of rotatable bonds is 4. The fraction of sp³-hybridized carbons (Fsp3) is 0.250. The third kappa shape index (κ3) is 2.90. The summed E-state index contributed by atoms with van der Waals surface area (Å²) < 4.78 is 18.0. The van der Waals surface area contributed by atoms with Crippen molar-refractivity contribution in [2.45, 2.75) is 31.3 Å². The van der Waals surface area contributed by atoms with Crippen LogP contribution in [-0.4, -0.2) is 12.6 Å². The first-order valence-electron chi connectivity index (χ1n) is 9.73. The van der Waals surface area contributed by atoms with E-state index in [9.17, 15) is 0 Å². The van der Waals surface area contributed by atoms with Gasteiger partial charge >= 0.3 is 0 Å². The minimum atomic E-state index is -0.774. The largest absolute Gasteiger partial charge is 0.488 e. The monoisotopic (exact) mass is 373 g/mol. The molecule has 0 radical (unpaired) electrons. The Labute approximate surface area is 164 Å². The van der Waals surface area contributed by atoms with Crippen LogP contribution >= 0.6 is 0 Å². The SMILES string of the molecule is CC(NC[C@H]1CC2(OC=CO2)c2ccccc2O1)c1cccc2ccccc12. The smallest absolute Gasteiger partial charge is 0.283 e. The fourth-order valence-corrected chi connectivity index (χ4v) is 4.20. The lowest BCUT2D eigenvalue weighted by Gasteiger charge is -2.38. The first-order valence-corrected chi connectivity index (χ1v) is 9.73. The third-order valence-electron chi connectivity index (χ3n) is 5.60. The Kier molecular flexibility index (Phi) is 4.21. The first kappa shape index (κ1) is 17.1. The van der Waals surface area contributed by atoms with Gasteiger partial charge in [0.1, 0.15) is 24.4 Å². The summed E-state index contributed by atoms with van der Waals surface area (Å²) in [6.45, 7) is 2.89. The topological polar surface area (TPSA) is 39.7 Å². The van der Waals surface area contributed by atoms with E-state index >= 15 is 0 Å². The molecule has 2 aliphatic heterocycles. The molecule has 28 heavy (non-hydrogen) atoms. The molecule has 5 rings (SSSR count). The molecule has 0 aromatic heterocycles. The normalized spacial score (nSPS) is 20.2. The molecule has 0 saturated heterocycles. The van der Waals surface area contributed by atoms with Crippen molar-refractivity contribution in [1.29, 1.82) is 0 Å². The molecule has 2 atom stereocenters. The van der Waals surface area contributed by atoms with Gasteiger partial charge in [0.25, 0.3) is 5.79 Å². The molecule has 2 aliphatic rings. The average Bonchev–Trinajstić information content (AvgIpc) is 3.20. The number of nitrogens with one attached hydrogen (secondary N) is 1. The van der Waals surface area contributed by atoms with E-state index in [-0.39, 0.29) is 12.1 Å². The number of para-hydroxylation sites is 1. The van der Waals surface area contributed by atoms with Crippen LogP contribution in [0.3, 0.4) is 0 Å². The highest BCUT2D eigenvalue weighted by Gasteiger charge is 2.46. The van der Waals surface area contributed by atoms with E-state index in [0.29, 0.717) is 13.0 Å². The van der Waals surface area contributed by atoms with Crippen LogP contribution in [0.25, 0.3) is 10.8 Å². The predicted octanol–water partition coefficient (Wildman–Crippen LogP) is 5.01. The molecule has 0 aliphatic carbocycles. The van der Waals surface area contributed by atoms with E-state index in [1.54, 1.807) is 12.5 Å². The zero-order valence-corrected chi connectivity index (χ0v) is 15.8. The van der Waals surface area contributed by atoms with E-state index in [1.165, 1.54) is 16.3 Å². The van der Waals surface area contributed by atoms with Gasteiger partial charge in [0.15, 0.2) is 0 Å².